The number of nitrogens with zero attached hydrogens (tertiary/aromatic N) is 3. The first kappa shape index (κ1) is 14.6. The molecule has 4 aromatic rings. The summed E-state index contributed by atoms with van der Waals surface area (Å²) >= 11 is 1.30. The number of amides is 1. The van der Waals surface area contributed by atoms with Gasteiger partial charge in [-0.2, -0.15) is 0 Å². The normalized spacial score (nSPS) is 10.8. The maximum absolute atomic E-state index is 12.4. The first-order chi connectivity index (χ1) is 11.8. The Kier molecular flexibility index (Phi) is 3.80. The Bertz CT molecular complexity index is 977. The standard InChI is InChI=1S/C18H14N4OS/c23-17(20-18-21-19-12-24-18)15-7-6-14-8-9-22(16(14)10-15)11-13-4-2-1-3-5-13/h1-10,12H,11H2,(H,20,21,23). The quantitative estimate of drug-likeness (QED) is 0.617. The van der Waals surface area contributed by atoms with Crippen LogP contribution in [0.2, 0.25) is 0 Å². The van der Waals surface area contributed by atoms with Gasteiger partial charge in [0.15, 0.2) is 0 Å². The minimum Gasteiger partial charge on any atom is -0.343 e. The molecule has 2 aromatic heterocycles. The predicted molar refractivity (Wildman–Crippen MR) is 95.3 cm³/mol. The first-order valence-corrected chi connectivity index (χ1v) is 8.38. The number of rotatable bonds is 4. The third kappa shape index (κ3) is 2.91. The molecule has 2 aromatic carbocycles. The van der Waals surface area contributed by atoms with E-state index in [0.29, 0.717) is 10.7 Å². The zero-order valence-corrected chi connectivity index (χ0v) is 13.5. The number of hydrogen-bond acceptors (Lipinski definition) is 4. The molecule has 0 atom stereocenters. The molecular formula is C18H14N4OS. The van der Waals surface area contributed by atoms with Gasteiger partial charge in [-0.3, -0.25) is 10.1 Å². The largest absolute Gasteiger partial charge is 0.343 e. The molecule has 0 saturated heterocycles. The molecular weight excluding hydrogens is 320 g/mol. The highest BCUT2D eigenvalue weighted by Crippen LogP contribution is 2.20. The number of nitrogens with one attached hydrogen (secondary N) is 1. The molecule has 0 fully saturated rings. The number of carbonyl (C=O) groups excluding carboxylic acids is 1. The van der Waals surface area contributed by atoms with Gasteiger partial charge in [0.05, 0.1) is 0 Å². The summed E-state index contributed by atoms with van der Waals surface area (Å²) in [6.07, 6.45) is 2.05. The van der Waals surface area contributed by atoms with Crippen molar-refractivity contribution in [1.29, 1.82) is 0 Å². The molecule has 0 unspecified atom stereocenters. The summed E-state index contributed by atoms with van der Waals surface area (Å²) in [6, 6.07) is 18.0. The maximum Gasteiger partial charge on any atom is 0.257 e. The molecule has 0 aliphatic heterocycles. The second kappa shape index (κ2) is 6.25. The van der Waals surface area contributed by atoms with Crippen LogP contribution in [0.15, 0.2) is 66.3 Å². The highest BCUT2D eigenvalue weighted by atomic mass is 32.1. The lowest BCUT2D eigenvalue weighted by Crippen LogP contribution is -2.11. The van der Waals surface area contributed by atoms with E-state index in [1.807, 2.05) is 42.6 Å². The summed E-state index contributed by atoms with van der Waals surface area (Å²) in [5.41, 5.74) is 4.44. The van der Waals surface area contributed by atoms with Crippen molar-refractivity contribution in [3.05, 3.63) is 77.4 Å². The van der Waals surface area contributed by atoms with Crippen molar-refractivity contribution in [2.24, 2.45) is 0 Å². The van der Waals surface area contributed by atoms with Crippen molar-refractivity contribution in [3.63, 3.8) is 0 Å². The van der Waals surface area contributed by atoms with Gasteiger partial charge >= 0.3 is 0 Å². The van der Waals surface area contributed by atoms with E-state index in [9.17, 15) is 4.79 Å². The second-order valence-electron chi connectivity index (χ2n) is 5.40. The van der Waals surface area contributed by atoms with Crippen molar-refractivity contribution in [2.75, 3.05) is 5.32 Å². The smallest absolute Gasteiger partial charge is 0.257 e. The summed E-state index contributed by atoms with van der Waals surface area (Å²) in [6.45, 7) is 0.770. The third-order valence-electron chi connectivity index (χ3n) is 3.81. The lowest BCUT2D eigenvalue weighted by molar-refractivity contribution is 0.102. The molecule has 0 spiro atoms. The Labute approximate surface area is 142 Å². The second-order valence-corrected chi connectivity index (χ2v) is 6.23. The van der Waals surface area contributed by atoms with Gasteiger partial charge in [0.25, 0.3) is 5.91 Å². The van der Waals surface area contributed by atoms with Crippen LogP contribution in [0.25, 0.3) is 10.9 Å². The minimum atomic E-state index is -0.180. The van der Waals surface area contributed by atoms with Gasteiger partial charge in [-0.05, 0) is 29.1 Å². The molecule has 0 radical (unpaired) electrons. The van der Waals surface area contributed by atoms with E-state index >= 15 is 0 Å². The Morgan fingerprint density at radius 1 is 1.12 bits per heavy atom. The van der Waals surface area contributed by atoms with Crippen molar-refractivity contribution >= 4 is 33.3 Å². The highest BCUT2D eigenvalue weighted by Gasteiger charge is 2.10. The lowest BCUT2D eigenvalue weighted by Gasteiger charge is -2.07. The van der Waals surface area contributed by atoms with Crippen LogP contribution in [0.5, 0.6) is 0 Å². The Balaban J connectivity index is 1.64. The minimum absolute atomic E-state index is 0.180. The molecule has 0 saturated carbocycles. The fourth-order valence-corrected chi connectivity index (χ4v) is 3.08. The van der Waals surface area contributed by atoms with Crippen molar-refractivity contribution in [1.82, 2.24) is 14.8 Å². The Hall–Kier alpha value is -2.99. The average Bonchev–Trinajstić information content (AvgIpc) is 3.26. The van der Waals surface area contributed by atoms with E-state index in [-0.39, 0.29) is 5.91 Å². The van der Waals surface area contributed by atoms with Gasteiger partial charge in [-0.15, -0.1) is 10.2 Å². The predicted octanol–water partition coefficient (Wildman–Crippen LogP) is 3.79. The van der Waals surface area contributed by atoms with E-state index < -0.39 is 0 Å². The van der Waals surface area contributed by atoms with Gasteiger partial charge < -0.3 is 4.57 Å². The van der Waals surface area contributed by atoms with E-state index in [1.165, 1.54) is 16.9 Å². The molecule has 24 heavy (non-hydrogen) atoms. The molecule has 4 rings (SSSR count). The van der Waals surface area contributed by atoms with Crippen LogP contribution in [0.3, 0.4) is 0 Å². The van der Waals surface area contributed by atoms with Crippen molar-refractivity contribution < 1.29 is 4.79 Å². The Morgan fingerprint density at radius 3 is 2.79 bits per heavy atom. The number of anilines is 1. The zero-order valence-electron chi connectivity index (χ0n) is 12.7. The summed E-state index contributed by atoms with van der Waals surface area (Å²) in [5, 5.41) is 11.9. The van der Waals surface area contributed by atoms with Crippen LogP contribution >= 0.6 is 11.3 Å². The van der Waals surface area contributed by atoms with Crippen LogP contribution in [-0.2, 0) is 6.54 Å². The molecule has 1 N–H and O–H groups in total. The van der Waals surface area contributed by atoms with Crippen LogP contribution in [0.4, 0.5) is 5.13 Å². The van der Waals surface area contributed by atoms with Gasteiger partial charge in [-0.25, -0.2) is 0 Å². The molecule has 6 heteroatoms. The molecule has 0 aliphatic carbocycles. The van der Waals surface area contributed by atoms with Crippen LogP contribution in [0.1, 0.15) is 15.9 Å². The van der Waals surface area contributed by atoms with E-state index in [1.54, 1.807) is 5.51 Å². The van der Waals surface area contributed by atoms with E-state index in [4.69, 9.17) is 0 Å². The Morgan fingerprint density at radius 2 is 2.00 bits per heavy atom. The SMILES string of the molecule is O=C(Nc1nncs1)c1ccc2ccn(Cc3ccccc3)c2c1. The summed E-state index contributed by atoms with van der Waals surface area (Å²) in [4.78, 5) is 12.4. The average molecular weight is 334 g/mol. The third-order valence-corrected chi connectivity index (χ3v) is 4.42. The van der Waals surface area contributed by atoms with Crippen LogP contribution < -0.4 is 5.32 Å². The molecule has 5 nitrogen and oxygen atoms in total. The van der Waals surface area contributed by atoms with Crippen LogP contribution in [0, 0.1) is 0 Å². The van der Waals surface area contributed by atoms with Crippen LogP contribution in [-0.4, -0.2) is 20.7 Å². The number of fused-ring (bicyclic) bond motifs is 1. The van der Waals surface area contributed by atoms with Crippen molar-refractivity contribution in [3.8, 4) is 0 Å². The number of benzene rings is 2. The number of carbonyl (C=O) groups is 1. The molecule has 0 aliphatic rings. The fourth-order valence-electron chi connectivity index (χ4n) is 2.64. The molecule has 1 amide bonds. The summed E-state index contributed by atoms with van der Waals surface area (Å²) < 4.78 is 2.15. The lowest BCUT2D eigenvalue weighted by atomic mass is 10.1. The van der Waals surface area contributed by atoms with Gasteiger partial charge in [0.2, 0.25) is 5.13 Å². The molecule has 118 valence electrons. The van der Waals surface area contributed by atoms with E-state index in [0.717, 1.165) is 17.4 Å². The van der Waals surface area contributed by atoms with Gasteiger partial charge in [-0.1, -0.05) is 47.7 Å². The first-order valence-electron chi connectivity index (χ1n) is 7.50. The molecule has 0 bridgehead atoms. The summed E-state index contributed by atoms with van der Waals surface area (Å²) in [5.74, 6) is -0.180. The van der Waals surface area contributed by atoms with Gasteiger partial charge in [0, 0.05) is 23.8 Å². The van der Waals surface area contributed by atoms with Crippen molar-refractivity contribution in [2.45, 2.75) is 6.54 Å². The molecule has 2 heterocycles. The summed E-state index contributed by atoms with van der Waals surface area (Å²) in [7, 11) is 0. The monoisotopic (exact) mass is 334 g/mol. The maximum atomic E-state index is 12.4. The topological polar surface area (TPSA) is 59.8 Å². The fraction of sp³-hybridized carbons (Fsp3) is 0.0556. The number of aromatic nitrogens is 3. The zero-order chi connectivity index (χ0) is 16.4. The van der Waals surface area contributed by atoms with Gasteiger partial charge in [0.1, 0.15) is 5.51 Å². The highest BCUT2D eigenvalue weighted by molar-refractivity contribution is 7.13. The number of hydrogen-bond donors (Lipinski definition) is 1. The van der Waals surface area contributed by atoms with E-state index in [2.05, 4.69) is 38.3 Å².